The van der Waals surface area contributed by atoms with E-state index in [-0.39, 0.29) is 0 Å². The summed E-state index contributed by atoms with van der Waals surface area (Å²) in [7, 11) is 0. The van der Waals surface area contributed by atoms with Crippen molar-refractivity contribution in [3.8, 4) is 5.82 Å². The van der Waals surface area contributed by atoms with E-state index >= 15 is 0 Å². The largest absolute Gasteiger partial charge is 0.326 e. The first-order valence-corrected chi connectivity index (χ1v) is 3.90. The van der Waals surface area contributed by atoms with Crippen molar-refractivity contribution in [1.82, 2.24) is 19.7 Å². The van der Waals surface area contributed by atoms with E-state index in [0.717, 1.165) is 5.56 Å². The predicted molar refractivity (Wildman–Crippen MR) is 47.0 cm³/mol. The fourth-order valence-corrected chi connectivity index (χ4v) is 1.00. The molecular formula is C8H9N5. The number of nitrogens with two attached hydrogens (primary N) is 1. The second-order valence-electron chi connectivity index (χ2n) is 2.56. The highest BCUT2D eigenvalue weighted by molar-refractivity contribution is 5.18. The van der Waals surface area contributed by atoms with Gasteiger partial charge in [0, 0.05) is 30.7 Å². The van der Waals surface area contributed by atoms with E-state index in [9.17, 15) is 0 Å². The zero-order chi connectivity index (χ0) is 9.10. The second-order valence-corrected chi connectivity index (χ2v) is 2.56. The summed E-state index contributed by atoms with van der Waals surface area (Å²) < 4.78 is 1.65. The van der Waals surface area contributed by atoms with Crippen LogP contribution < -0.4 is 5.73 Å². The minimum absolute atomic E-state index is 0.486. The number of hydrogen-bond acceptors (Lipinski definition) is 4. The maximum absolute atomic E-state index is 5.45. The van der Waals surface area contributed by atoms with Gasteiger partial charge in [-0.2, -0.15) is 5.10 Å². The van der Waals surface area contributed by atoms with E-state index in [1.807, 2.05) is 6.20 Å². The normalized spacial score (nSPS) is 10.2. The number of aromatic nitrogens is 4. The molecule has 0 saturated heterocycles. The molecule has 13 heavy (non-hydrogen) atoms. The van der Waals surface area contributed by atoms with Crippen LogP contribution in [0.1, 0.15) is 5.56 Å². The molecule has 2 aromatic rings. The Labute approximate surface area is 75.2 Å². The fraction of sp³-hybridized carbons (Fsp3) is 0.125. The average molecular weight is 175 g/mol. The quantitative estimate of drug-likeness (QED) is 0.703. The van der Waals surface area contributed by atoms with Crippen LogP contribution >= 0.6 is 0 Å². The average Bonchev–Trinajstić information content (AvgIpc) is 2.67. The molecule has 2 N–H and O–H groups in total. The van der Waals surface area contributed by atoms with Gasteiger partial charge in [0.15, 0.2) is 5.82 Å². The molecule has 0 aliphatic carbocycles. The van der Waals surface area contributed by atoms with Crippen LogP contribution in [0.25, 0.3) is 5.82 Å². The van der Waals surface area contributed by atoms with Gasteiger partial charge in [0.2, 0.25) is 0 Å². The van der Waals surface area contributed by atoms with Crippen molar-refractivity contribution in [2.24, 2.45) is 5.73 Å². The first-order valence-electron chi connectivity index (χ1n) is 3.90. The van der Waals surface area contributed by atoms with Crippen LogP contribution in [0.2, 0.25) is 0 Å². The third-order valence-electron chi connectivity index (χ3n) is 1.66. The lowest BCUT2D eigenvalue weighted by atomic mass is 10.4. The van der Waals surface area contributed by atoms with Crippen LogP contribution in [0.5, 0.6) is 0 Å². The van der Waals surface area contributed by atoms with Gasteiger partial charge in [-0.15, -0.1) is 0 Å². The molecule has 5 heteroatoms. The lowest BCUT2D eigenvalue weighted by Crippen LogP contribution is -1.98. The minimum atomic E-state index is 0.486. The summed E-state index contributed by atoms with van der Waals surface area (Å²) in [5.74, 6) is 0.696. The van der Waals surface area contributed by atoms with Gasteiger partial charge in [-0.3, -0.25) is 4.98 Å². The number of nitrogens with zero attached hydrogens (tertiary/aromatic N) is 4. The molecule has 5 nitrogen and oxygen atoms in total. The van der Waals surface area contributed by atoms with Crippen molar-refractivity contribution in [3.05, 3.63) is 36.5 Å². The van der Waals surface area contributed by atoms with Gasteiger partial charge in [0.1, 0.15) is 0 Å². The first-order chi connectivity index (χ1) is 6.40. The van der Waals surface area contributed by atoms with E-state index in [0.29, 0.717) is 12.4 Å². The molecular weight excluding hydrogens is 166 g/mol. The van der Waals surface area contributed by atoms with Crippen molar-refractivity contribution in [3.63, 3.8) is 0 Å². The lowest BCUT2D eigenvalue weighted by Gasteiger charge is -1.96. The summed E-state index contributed by atoms with van der Waals surface area (Å²) in [5, 5.41) is 4.09. The molecule has 0 bridgehead atoms. The topological polar surface area (TPSA) is 69.6 Å². The van der Waals surface area contributed by atoms with E-state index in [2.05, 4.69) is 15.1 Å². The summed E-state index contributed by atoms with van der Waals surface area (Å²) in [6.45, 7) is 0.486. The SMILES string of the molecule is NCc1cnn(-c2cnccn2)c1. The monoisotopic (exact) mass is 175 g/mol. The molecule has 0 spiro atoms. The molecule has 0 saturated carbocycles. The van der Waals surface area contributed by atoms with Gasteiger partial charge >= 0.3 is 0 Å². The van der Waals surface area contributed by atoms with E-state index in [4.69, 9.17) is 5.73 Å². The van der Waals surface area contributed by atoms with E-state index in [1.54, 1.807) is 29.5 Å². The van der Waals surface area contributed by atoms with Crippen molar-refractivity contribution in [1.29, 1.82) is 0 Å². The summed E-state index contributed by atoms with van der Waals surface area (Å²) in [5.41, 5.74) is 6.43. The Morgan fingerprint density at radius 2 is 2.23 bits per heavy atom. The third kappa shape index (κ3) is 1.54. The molecule has 0 aliphatic rings. The van der Waals surface area contributed by atoms with Gasteiger partial charge in [-0.1, -0.05) is 0 Å². The van der Waals surface area contributed by atoms with Crippen molar-refractivity contribution in [2.75, 3.05) is 0 Å². The summed E-state index contributed by atoms with van der Waals surface area (Å²) in [6, 6.07) is 0. The van der Waals surface area contributed by atoms with Gasteiger partial charge in [-0.25, -0.2) is 9.67 Å². The summed E-state index contributed by atoms with van der Waals surface area (Å²) in [4.78, 5) is 8.04. The van der Waals surface area contributed by atoms with Gasteiger partial charge < -0.3 is 5.73 Å². The molecule has 66 valence electrons. The maximum Gasteiger partial charge on any atom is 0.171 e. The zero-order valence-corrected chi connectivity index (χ0v) is 6.96. The molecule has 0 unspecified atom stereocenters. The summed E-state index contributed by atoms with van der Waals surface area (Å²) in [6.07, 6.45) is 8.45. The van der Waals surface area contributed by atoms with Crippen LogP contribution in [0.4, 0.5) is 0 Å². The smallest absolute Gasteiger partial charge is 0.171 e. The lowest BCUT2D eigenvalue weighted by molar-refractivity contribution is 0.837. The van der Waals surface area contributed by atoms with Crippen LogP contribution in [-0.4, -0.2) is 19.7 Å². The van der Waals surface area contributed by atoms with Gasteiger partial charge in [0.05, 0.1) is 12.4 Å². The fourth-order valence-electron chi connectivity index (χ4n) is 1.00. The molecule has 0 atom stereocenters. The highest BCUT2D eigenvalue weighted by Gasteiger charge is 1.99. The van der Waals surface area contributed by atoms with Crippen molar-refractivity contribution >= 4 is 0 Å². The molecule has 0 aliphatic heterocycles. The molecule has 2 heterocycles. The predicted octanol–water partition coefficient (Wildman–Crippen LogP) is 0.121. The van der Waals surface area contributed by atoms with Crippen molar-refractivity contribution in [2.45, 2.75) is 6.54 Å². The standard InChI is InChI=1S/C8H9N5/c9-3-7-4-12-13(6-7)8-5-10-1-2-11-8/h1-2,4-6H,3,9H2. The van der Waals surface area contributed by atoms with E-state index in [1.165, 1.54) is 0 Å². The van der Waals surface area contributed by atoms with Crippen LogP contribution in [0.15, 0.2) is 31.0 Å². The molecule has 0 amide bonds. The second kappa shape index (κ2) is 3.32. The van der Waals surface area contributed by atoms with Gasteiger partial charge in [-0.05, 0) is 0 Å². The molecule has 0 aromatic carbocycles. The Balaban J connectivity index is 2.36. The summed E-state index contributed by atoms with van der Waals surface area (Å²) >= 11 is 0. The van der Waals surface area contributed by atoms with Crippen LogP contribution in [0.3, 0.4) is 0 Å². The Kier molecular flexibility index (Phi) is 2.01. The number of hydrogen-bond donors (Lipinski definition) is 1. The van der Waals surface area contributed by atoms with Gasteiger partial charge in [0.25, 0.3) is 0 Å². The Morgan fingerprint density at radius 1 is 1.31 bits per heavy atom. The van der Waals surface area contributed by atoms with E-state index < -0.39 is 0 Å². The van der Waals surface area contributed by atoms with Crippen LogP contribution in [-0.2, 0) is 6.54 Å². The Bertz CT molecular complexity index is 380. The molecule has 2 rings (SSSR count). The molecule has 0 fully saturated rings. The highest BCUT2D eigenvalue weighted by atomic mass is 15.3. The minimum Gasteiger partial charge on any atom is -0.326 e. The third-order valence-corrected chi connectivity index (χ3v) is 1.66. The first kappa shape index (κ1) is 7.88. The maximum atomic E-state index is 5.45. The van der Waals surface area contributed by atoms with Crippen molar-refractivity contribution < 1.29 is 0 Å². The Hall–Kier alpha value is -1.75. The van der Waals surface area contributed by atoms with Crippen LogP contribution in [0, 0.1) is 0 Å². The molecule has 2 aromatic heterocycles. The Morgan fingerprint density at radius 3 is 2.85 bits per heavy atom. The highest BCUT2D eigenvalue weighted by Crippen LogP contribution is 2.02. The number of rotatable bonds is 2. The zero-order valence-electron chi connectivity index (χ0n) is 6.96. The molecule has 0 radical (unpaired) electrons.